The zero-order valence-electron chi connectivity index (χ0n) is 17.7. The van der Waals surface area contributed by atoms with Crippen molar-refractivity contribution in [2.24, 2.45) is 0 Å². The lowest BCUT2D eigenvalue weighted by molar-refractivity contribution is -0.0514. The summed E-state index contributed by atoms with van der Waals surface area (Å²) in [6, 6.07) is 10.5. The first kappa shape index (κ1) is 19.1. The third kappa shape index (κ3) is 2.88. The van der Waals surface area contributed by atoms with E-state index in [4.69, 9.17) is 4.74 Å². The van der Waals surface area contributed by atoms with Crippen molar-refractivity contribution in [2.45, 2.75) is 62.1 Å². The first-order valence-electron chi connectivity index (χ1n) is 11.4. The Morgan fingerprint density at radius 3 is 2.58 bits per heavy atom. The molecule has 3 aromatic rings. The number of hydrogen-bond donors (Lipinski definition) is 3. The fourth-order valence-electron chi connectivity index (χ4n) is 5.50. The first-order chi connectivity index (χ1) is 15.2. The highest BCUT2D eigenvalue weighted by Crippen LogP contribution is 2.45. The Hall–Kier alpha value is -2.57. The zero-order valence-corrected chi connectivity index (χ0v) is 17.7. The number of nitrogens with one attached hydrogen (secondary N) is 1. The zero-order chi connectivity index (χ0) is 21.1. The summed E-state index contributed by atoms with van der Waals surface area (Å²) in [5.41, 5.74) is 2.94. The van der Waals surface area contributed by atoms with E-state index in [0.29, 0.717) is 0 Å². The number of aromatic nitrogens is 2. The summed E-state index contributed by atoms with van der Waals surface area (Å²) in [6.45, 7) is 0.208. The average molecular weight is 420 g/mol. The number of aliphatic hydroxyl groups excluding tert-OH is 2. The van der Waals surface area contributed by atoms with Gasteiger partial charge in [-0.15, -0.1) is 0 Å². The minimum absolute atomic E-state index is 0.0533. The summed E-state index contributed by atoms with van der Waals surface area (Å²) in [5.74, 6) is 1.76. The number of hydrogen-bond acceptors (Lipinski definition) is 5. The van der Waals surface area contributed by atoms with Crippen LogP contribution >= 0.6 is 0 Å². The highest BCUT2D eigenvalue weighted by atomic mass is 16.5. The maximum atomic E-state index is 10.2. The Morgan fingerprint density at radius 2 is 1.94 bits per heavy atom. The highest BCUT2D eigenvalue weighted by molar-refractivity contribution is 5.87. The van der Waals surface area contributed by atoms with Crippen LogP contribution in [0.25, 0.3) is 10.9 Å². The number of anilines is 1. The van der Waals surface area contributed by atoms with Gasteiger partial charge in [-0.2, -0.15) is 0 Å². The number of aliphatic hydroxyl groups is 2. The van der Waals surface area contributed by atoms with Crippen LogP contribution in [0.5, 0.6) is 5.75 Å². The molecule has 3 heterocycles. The van der Waals surface area contributed by atoms with Crippen LogP contribution in [0, 0.1) is 0 Å². The highest BCUT2D eigenvalue weighted by Gasteiger charge is 2.41. The van der Waals surface area contributed by atoms with Crippen molar-refractivity contribution in [3.05, 3.63) is 53.9 Å². The maximum Gasteiger partial charge on any atom is 0.132 e. The molecule has 1 atom stereocenters. The maximum absolute atomic E-state index is 10.2. The SMILES string of the molecule is OCC1(Oc2ccc3c(c2)c(C2Cc4cccnc4N2)cn3C2(CO)CCC2)CCC1. The first-order valence-corrected chi connectivity index (χ1v) is 11.4. The molecule has 6 rings (SSSR count). The fraction of sp³-hybridized carbons (Fsp3) is 0.480. The van der Waals surface area contributed by atoms with Crippen LogP contribution in [0.2, 0.25) is 0 Å². The summed E-state index contributed by atoms with van der Waals surface area (Å²) < 4.78 is 8.59. The van der Waals surface area contributed by atoms with E-state index in [1.807, 2.05) is 18.3 Å². The summed E-state index contributed by atoms with van der Waals surface area (Å²) in [5, 5.41) is 24.8. The van der Waals surface area contributed by atoms with Gasteiger partial charge in [0.25, 0.3) is 0 Å². The second kappa shape index (κ2) is 6.97. The van der Waals surface area contributed by atoms with E-state index in [2.05, 4.69) is 39.3 Å². The molecule has 0 amide bonds. The third-order valence-corrected chi connectivity index (χ3v) is 7.79. The van der Waals surface area contributed by atoms with Gasteiger partial charge in [-0.3, -0.25) is 0 Å². The number of benzene rings is 1. The third-order valence-electron chi connectivity index (χ3n) is 7.79. The number of rotatable bonds is 6. The predicted molar refractivity (Wildman–Crippen MR) is 119 cm³/mol. The fourth-order valence-corrected chi connectivity index (χ4v) is 5.50. The molecule has 0 spiro atoms. The van der Waals surface area contributed by atoms with Gasteiger partial charge in [-0.1, -0.05) is 6.07 Å². The van der Waals surface area contributed by atoms with Crippen molar-refractivity contribution in [1.29, 1.82) is 0 Å². The van der Waals surface area contributed by atoms with E-state index in [-0.39, 0.29) is 24.8 Å². The van der Waals surface area contributed by atoms with Crippen LogP contribution in [0.4, 0.5) is 5.82 Å². The van der Waals surface area contributed by atoms with Gasteiger partial charge in [0.15, 0.2) is 0 Å². The lowest BCUT2D eigenvalue weighted by Gasteiger charge is -2.42. The van der Waals surface area contributed by atoms with E-state index in [1.165, 1.54) is 11.1 Å². The molecule has 2 saturated carbocycles. The van der Waals surface area contributed by atoms with E-state index in [1.54, 1.807) is 0 Å². The van der Waals surface area contributed by atoms with Gasteiger partial charge in [0.2, 0.25) is 0 Å². The molecule has 2 aliphatic carbocycles. The number of fused-ring (bicyclic) bond motifs is 2. The van der Waals surface area contributed by atoms with E-state index in [0.717, 1.165) is 67.4 Å². The normalized spacial score (nSPS) is 23.0. The van der Waals surface area contributed by atoms with Gasteiger partial charge in [0.05, 0.1) is 24.8 Å². The molecule has 0 saturated heterocycles. The Balaban J connectivity index is 1.44. The van der Waals surface area contributed by atoms with Crippen LogP contribution in [-0.2, 0) is 12.0 Å². The standard InChI is InChI=1S/C25H29N3O3/c29-15-24(7-2-8-24)28-14-20(21-12-17-4-1-11-26-23(17)27-21)19-13-18(5-6-22(19)28)31-25(16-30)9-3-10-25/h1,4-6,11,13-14,21,29-30H,2-3,7-10,12,15-16H2,(H,26,27). The molecule has 6 heteroatoms. The Bertz CT molecular complexity index is 1090. The number of nitrogens with zero attached hydrogens (tertiary/aromatic N) is 2. The van der Waals surface area contributed by atoms with Gasteiger partial charge in [-0.05, 0) is 68.4 Å². The molecule has 0 bridgehead atoms. The van der Waals surface area contributed by atoms with Gasteiger partial charge >= 0.3 is 0 Å². The number of pyridine rings is 1. The van der Waals surface area contributed by atoms with E-state index >= 15 is 0 Å². The largest absolute Gasteiger partial charge is 0.485 e. The summed E-state index contributed by atoms with van der Waals surface area (Å²) in [6.07, 6.45) is 11.0. The number of ether oxygens (including phenoxy) is 1. The van der Waals surface area contributed by atoms with Crippen LogP contribution in [0.3, 0.4) is 0 Å². The van der Waals surface area contributed by atoms with E-state index in [9.17, 15) is 10.2 Å². The van der Waals surface area contributed by atoms with Crippen molar-refractivity contribution < 1.29 is 14.9 Å². The van der Waals surface area contributed by atoms with Crippen molar-refractivity contribution >= 4 is 16.7 Å². The smallest absolute Gasteiger partial charge is 0.132 e. The molecule has 1 aliphatic heterocycles. The van der Waals surface area contributed by atoms with Crippen molar-refractivity contribution in [3.63, 3.8) is 0 Å². The molecule has 31 heavy (non-hydrogen) atoms. The van der Waals surface area contributed by atoms with Crippen LogP contribution < -0.4 is 10.1 Å². The molecule has 2 fully saturated rings. The summed E-state index contributed by atoms with van der Waals surface area (Å²) in [7, 11) is 0. The predicted octanol–water partition coefficient (Wildman–Crippen LogP) is 3.91. The van der Waals surface area contributed by atoms with Crippen LogP contribution in [0.15, 0.2) is 42.7 Å². The second-order valence-electron chi connectivity index (χ2n) is 9.58. The molecule has 1 aromatic carbocycles. The molecule has 162 valence electrons. The molecular weight excluding hydrogens is 390 g/mol. The minimum Gasteiger partial charge on any atom is -0.485 e. The van der Waals surface area contributed by atoms with Crippen molar-refractivity contribution in [2.75, 3.05) is 18.5 Å². The monoisotopic (exact) mass is 419 g/mol. The minimum atomic E-state index is -0.428. The average Bonchev–Trinajstić information content (AvgIpc) is 3.32. The lowest BCUT2D eigenvalue weighted by Crippen LogP contribution is -2.46. The molecule has 2 aromatic heterocycles. The van der Waals surface area contributed by atoms with Crippen molar-refractivity contribution in [1.82, 2.24) is 9.55 Å². The summed E-state index contributed by atoms with van der Waals surface area (Å²) in [4.78, 5) is 4.50. The Kier molecular flexibility index (Phi) is 4.30. The topological polar surface area (TPSA) is 79.5 Å². The van der Waals surface area contributed by atoms with Crippen LogP contribution in [0.1, 0.15) is 55.7 Å². The molecule has 3 aliphatic rings. The van der Waals surface area contributed by atoms with Gasteiger partial charge in [-0.25, -0.2) is 4.98 Å². The Labute approximate surface area is 181 Å². The van der Waals surface area contributed by atoms with Gasteiger partial charge in [0, 0.05) is 35.3 Å². The molecule has 0 radical (unpaired) electrons. The molecular formula is C25H29N3O3. The van der Waals surface area contributed by atoms with Gasteiger partial charge < -0.3 is 24.8 Å². The summed E-state index contributed by atoms with van der Waals surface area (Å²) >= 11 is 0. The quantitative estimate of drug-likeness (QED) is 0.565. The lowest BCUT2D eigenvalue weighted by atomic mass is 9.77. The second-order valence-corrected chi connectivity index (χ2v) is 9.58. The Morgan fingerprint density at radius 1 is 1.10 bits per heavy atom. The molecule has 3 N–H and O–H groups in total. The van der Waals surface area contributed by atoms with Gasteiger partial charge in [0.1, 0.15) is 17.2 Å². The molecule has 6 nitrogen and oxygen atoms in total. The van der Waals surface area contributed by atoms with Crippen LogP contribution in [-0.4, -0.2) is 38.6 Å². The van der Waals surface area contributed by atoms with E-state index < -0.39 is 5.60 Å². The molecule has 1 unspecified atom stereocenters. The van der Waals surface area contributed by atoms with Crippen molar-refractivity contribution in [3.8, 4) is 5.75 Å².